The van der Waals surface area contributed by atoms with Crippen LogP contribution < -0.4 is 0 Å². The molecule has 0 bridgehead atoms. The average molecular weight is 294 g/mol. The van der Waals surface area contributed by atoms with Gasteiger partial charge in [-0.1, -0.05) is 88.4 Å². The van der Waals surface area contributed by atoms with Crippen LogP contribution in [0.2, 0.25) is 0 Å². The minimum atomic E-state index is 0.630. The Balaban J connectivity index is 2.23. The fourth-order valence-corrected chi connectivity index (χ4v) is 3.46. The summed E-state index contributed by atoms with van der Waals surface area (Å²) in [4.78, 5) is 0. The first-order chi connectivity index (χ1) is 10.6. The third kappa shape index (κ3) is 4.73. The molecule has 0 aliphatic rings. The molecular formula is C22H30. The lowest BCUT2D eigenvalue weighted by Crippen LogP contribution is -2.13. The maximum atomic E-state index is 2.36. The summed E-state index contributed by atoms with van der Waals surface area (Å²) in [7, 11) is 0. The van der Waals surface area contributed by atoms with Crippen molar-refractivity contribution < 1.29 is 0 Å². The van der Waals surface area contributed by atoms with E-state index in [0.29, 0.717) is 17.8 Å². The van der Waals surface area contributed by atoms with Gasteiger partial charge in [-0.3, -0.25) is 0 Å². The molecule has 0 N–H and O–H groups in total. The lowest BCUT2D eigenvalue weighted by molar-refractivity contribution is 0.388. The van der Waals surface area contributed by atoms with Crippen molar-refractivity contribution in [3.63, 3.8) is 0 Å². The first kappa shape index (κ1) is 16.8. The Labute approximate surface area is 136 Å². The predicted octanol–water partition coefficient (Wildman–Crippen LogP) is 6.65. The van der Waals surface area contributed by atoms with Crippen molar-refractivity contribution in [1.82, 2.24) is 0 Å². The van der Waals surface area contributed by atoms with Crippen LogP contribution >= 0.6 is 0 Å². The van der Waals surface area contributed by atoms with Gasteiger partial charge in [-0.2, -0.15) is 0 Å². The van der Waals surface area contributed by atoms with E-state index >= 15 is 0 Å². The van der Waals surface area contributed by atoms with E-state index in [-0.39, 0.29) is 0 Å². The van der Waals surface area contributed by atoms with Gasteiger partial charge in [0.05, 0.1) is 0 Å². The van der Waals surface area contributed by atoms with Gasteiger partial charge in [-0.15, -0.1) is 0 Å². The third-order valence-electron chi connectivity index (χ3n) is 4.60. The van der Waals surface area contributed by atoms with Crippen LogP contribution in [0.15, 0.2) is 60.7 Å². The molecule has 0 fully saturated rings. The Kier molecular flexibility index (Phi) is 6.24. The molecule has 2 unspecified atom stereocenters. The molecule has 22 heavy (non-hydrogen) atoms. The monoisotopic (exact) mass is 294 g/mol. The van der Waals surface area contributed by atoms with E-state index in [1.165, 1.54) is 24.0 Å². The number of benzene rings is 2. The summed E-state index contributed by atoms with van der Waals surface area (Å²) in [5, 5.41) is 0. The Morgan fingerprint density at radius 3 is 1.59 bits per heavy atom. The molecule has 2 aromatic rings. The first-order valence-electron chi connectivity index (χ1n) is 8.67. The Hall–Kier alpha value is -1.56. The summed E-state index contributed by atoms with van der Waals surface area (Å²) in [6, 6.07) is 22.1. The summed E-state index contributed by atoms with van der Waals surface area (Å²) < 4.78 is 0. The van der Waals surface area contributed by atoms with Gasteiger partial charge in [0, 0.05) is 0 Å². The largest absolute Gasteiger partial charge is 0.0628 e. The van der Waals surface area contributed by atoms with E-state index in [0.717, 1.165) is 5.92 Å². The zero-order chi connectivity index (χ0) is 15.9. The van der Waals surface area contributed by atoms with Gasteiger partial charge in [0.2, 0.25) is 0 Å². The Morgan fingerprint density at radius 1 is 0.636 bits per heavy atom. The van der Waals surface area contributed by atoms with Crippen molar-refractivity contribution in [3.05, 3.63) is 71.8 Å². The minimum absolute atomic E-state index is 0.630. The van der Waals surface area contributed by atoms with E-state index < -0.39 is 0 Å². The summed E-state index contributed by atoms with van der Waals surface area (Å²) in [5.41, 5.74) is 2.99. The molecule has 0 heteroatoms. The van der Waals surface area contributed by atoms with E-state index in [4.69, 9.17) is 0 Å². The number of hydrogen-bond acceptors (Lipinski definition) is 0. The summed E-state index contributed by atoms with van der Waals surface area (Å²) >= 11 is 0. The maximum absolute atomic E-state index is 2.36. The van der Waals surface area contributed by atoms with Crippen LogP contribution in [0.1, 0.15) is 63.5 Å². The van der Waals surface area contributed by atoms with Crippen molar-refractivity contribution >= 4 is 0 Å². The van der Waals surface area contributed by atoms with E-state index in [1.54, 1.807) is 0 Å². The third-order valence-corrected chi connectivity index (χ3v) is 4.60. The van der Waals surface area contributed by atoms with Gasteiger partial charge in [0.25, 0.3) is 0 Å². The Bertz CT molecular complexity index is 524. The molecule has 0 aliphatic heterocycles. The minimum Gasteiger partial charge on any atom is -0.0628 e. The Morgan fingerprint density at radius 2 is 1.14 bits per heavy atom. The van der Waals surface area contributed by atoms with Gasteiger partial charge in [0.1, 0.15) is 0 Å². The quantitative estimate of drug-likeness (QED) is 0.536. The highest BCUT2D eigenvalue weighted by Gasteiger charge is 2.22. The number of rotatable bonds is 7. The van der Waals surface area contributed by atoms with Crippen molar-refractivity contribution in [2.75, 3.05) is 0 Å². The second kappa shape index (κ2) is 8.17. The van der Waals surface area contributed by atoms with Crippen LogP contribution in [0.4, 0.5) is 0 Å². The van der Waals surface area contributed by atoms with Crippen molar-refractivity contribution in [1.29, 1.82) is 0 Å². The molecule has 2 aromatic carbocycles. The van der Waals surface area contributed by atoms with Crippen LogP contribution in [0, 0.1) is 11.8 Å². The molecule has 0 saturated heterocycles. The zero-order valence-corrected chi connectivity index (χ0v) is 14.5. The highest BCUT2D eigenvalue weighted by atomic mass is 14.3. The molecule has 0 saturated carbocycles. The second-order valence-corrected chi connectivity index (χ2v) is 7.23. The van der Waals surface area contributed by atoms with Gasteiger partial charge >= 0.3 is 0 Å². The van der Waals surface area contributed by atoms with Crippen molar-refractivity contribution in [2.45, 2.75) is 52.4 Å². The molecule has 0 heterocycles. The lowest BCUT2D eigenvalue weighted by atomic mass is 9.77. The smallest absolute Gasteiger partial charge is 0.0133 e. The van der Waals surface area contributed by atoms with Gasteiger partial charge in [-0.05, 0) is 47.6 Å². The molecule has 2 atom stereocenters. The molecule has 0 aliphatic carbocycles. The van der Waals surface area contributed by atoms with E-state index in [9.17, 15) is 0 Å². The number of hydrogen-bond donors (Lipinski definition) is 0. The van der Waals surface area contributed by atoms with Crippen LogP contribution in [0.3, 0.4) is 0 Å². The fraction of sp³-hybridized carbons (Fsp3) is 0.455. The van der Waals surface area contributed by atoms with Gasteiger partial charge < -0.3 is 0 Å². The van der Waals surface area contributed by atoms with Gasteiger partial charge in [-0.25, -0.2) is 0 Å². The summed E-state index contributed by atoms with van der Waals surface area (Å²) in [5.74, 6) is 2.67. The zero-order valence-electron chi connectivity index (χ0n) is 14.5. The molecular weight excluding hydrogens is 264 g/mol. The normalized spacial score (nSPS) is 14.3. The molecule has 118 valence electrons. The summed E-state index contributed by atoms with van der Waals surface area (Å²) in [6.45, 7) is 9.38. The highest BCUT2D eigenvalue weighted by molar-refractivity contribution is 5.24. The topological polar surface area (TPSA) is 0 Å². The van der Waals surface area contributed by atoms with Crippen LogP contribution in [-0.4, -0.2) is 0 Å². The van der Waals surface area contributed by atoms with E-state index in [1.807, 2.05) is 0 Å². The van der Waals surface area contributed by atoms with E-state index in [2.05, 4.69) is 88.4 Å². The van der Waals surface area contributed by atoms with Crippen LogP contribution in [0.25, 0.3) is 0 Å². The van der Waals surface area contributed by atoms with Crippen LogP contribution in [0.5, 0.6) is 0 Å². The second-order valence-electron chi connectivity index (χ2n) is 7.23. The maximum Gasteiger partial charge on any atom is -0.0133 e. The van der Waals surface area contributed by atoms with Crippen molar-refractivity contribution in [2.24, 2.45) is 11.8 Å². The SMILES string of the molecule is CC(C)CC(CC(c1ccccc1)C(C)C)c1ccccc1. The standard InChI is InChI=1S/C22H30/c1-17(2)15-21(19-11-7-5-8-12-19)16-22(18(3)4)20-13-9-6-10-14-20/h5-14,17-18,21-22H,15-16H2,1-4H3. The molecule has 0 radical (unpaired) electrons. The molecule has 0 spiro atoms. The van der Waals surface area contributed by atoms with Crippen LogP contribution in [-0.2, 0) is 0 Å². The molecule has 0 amide bonds. The molecule has 2 rings (SSSR count). The summed E-state index contributed by atoms with van der Waals surface area (Å²) in [6.07, 6.45) is 2.50. The highest BCUT2D eigenvalue weighted by Crippen LogP contribution is 2.38. The lowest BCUT2D eigenvalue weighted by Gasteiger charge is -2.28. The van der Waals surface area contributed by atoms with Crippen molar-refractivity contribution in [3.8, 4) is 0 Å². The molecule has 0 aromatic heterocycles. The fourth-order valence-electron chi connectivity index (χ4n) is 3.46. The predicted molar refractivity (Wildman–Crippen MR) is 97.3 cm³/mol. The first-order valence-corrected chi connectivity index (χ1v) is 8.67. The molecule has 0 nitrogen and oxygen atoms in total. The van der Waals surface area contributed by atoms with Gasteiger partial charge in [0.15, 0.2) is 0 Å². The average Bonchev–Trinajstić information content (AvgIpc) is 2.52.